The summed E-state index contributed by atoms with van der Waals surface area (Å²) < 4.78 is 20.0. The van der Waals surface area contributed by atoms with Crippen molar-refractivity contribution in [2.24, 2.45) is 0 Å². The zero-order chi connectivity index (χ0) is 20.9. The monoisotopic (exact) mass is 459 g/mol. The number of fused-ring (bicyclic) bond motifs is 1. The van der Waals surface area contributed by atoms with Crippen molar-refractivity contribution >= 4 is 56.5 Å². The third-order valence-electron chi connectivity index (χ3n) is 4.15. The van der Waals surface area contributed by atoms with E-state index in [0.717, 1.165) is 10.8 Å². The molecule has 4 aromatic rings. The van der Waals surface area contributed by atoms with E-state index in [2.05, 4.69) is 15.5 Å². The third-order valence-corrected chi connectivity index (χ3v) is 6.50. The van der Waals surface area contributed by atoms with Gasteiger partial charge in [-0.3, -0.25) is 10.1 Å². The van der Waals surface area contributed by atoms with Crippen LogP contribution in [0, 0.1) is 5.82 Å². The van der Waals surface area contributed by atoms with Gasteiger partial charge in [0.15, 0.2) is 10.9 Å². The maximum atomic E-state index is 13.8. The Morgan fingerprint density at radius 1 is 1.10 bits per heavy atom. The molecule has 30 heavy (non-hydrogen) atoms. The standard InChI is InChI=1S/C21H15ClFN3O2S2/c22-17-6-3-7-18(23)16(17)12-29-21-26-25-20(30-21)24-19(27)11-28-15-9-8-13-4-1-2-5-14(13)10-15/h1-10H,11-12H2,(H,24,25,27). The number of hydrogen-bond donors (Lipinski definition) is 1. The number of benzene rings is 3. The van der Waals surface area contributed by atoms with E-state index in [1.54, 1.807) is 12.1 Å². The fourth-order valence-electron chi connectivity index (χ4n) is 2.68. The smallest absolute Gasteiger partial charge is 0.264 e. The van der Waals surface area contributed by atoms with Crippen LogP contribution in [0.3, 0.4) is 0 Å². The van der Waals surface area contributed by atoms with Crippen LogP contribution in [0.4, 0.5) is 9.52 Å². The van der Waals surface area contributed by atoms with Gasteiger partial charge in [0.25, 0.3) is 5.91 Å². The molecule has 1 heterocycles. The highest BCUT2D eigenvalue weighted by Gasteiger charge is 2.12. The maximum Gasteiger partial charge on any atom is 0.264 e. The zero-order valence-corrected chi connectivity index (χ0v) is 17.9. The third kappa shape index (κ3) is 5.08. The Balaban J connectivity index is 1.30. The van der Waals surface area contributed by atoms with Gasteiger partial charge in [0.2, 0.25) is 5.13 Å². The average molecular weight is 460 g/mol. The molecule has 5 nitrogen and oxygen atoms in total. The summed E-state index contributed by atoms with van der Waals surface area (Å²) in [6, 6.07) is 18.1. The number of carbonyl (C=O) groups excluding carboxylic acids is 1. The number of thioether (sulfide) groups is 1. The molecule has 0 aliphatic rings. The average Bonchev–Trinajstić information content (AvgIpc) is 3.19. The van der Waals surface area contributed by atoms with Gasteiger partial charge < -0.3 is 4.74 Å². The molecule has 0 saturated heterocycles. The number of ether oxygens (including phenoxy) is 1. The van der Waals surface area contributed by atoms with Gasteiger partial charge in [0, 0.05) is 16.3 Å². The minimum Gasteiger partial charge on any atom is -0.484 e. The molecule has 0 aliphatic carbocycles. The van der Waals surface area contributed by atoms with Crippen molar-refractivity contribution in [2.75, 3.05) is 11.9 Å². The number of halogens is 2. The van der Waals surface area contributed by atoms with Crippen molar-refractivity contribution in [1.82, 2.24) is 10.2 Å². The predicted octanol–water partition coefficient (Wildman–Crippen LogP) is 5.79. The molecule has 0 saturated carbocycles. The lowest BCUT2D eigenvalue weighted by atomic mass is 10.1. The molecule has 1 N–H and O–H groups in total. The molecule has 9 heteroatoms. The molecule has 0 bridgehead atoms. The van der Waals surface area contributed by atoms with E-state index in [9.17, 15) is 9.18 Å². The van der Waals surface area contributed by atoms with Crippen LogP contribution in [0.15, 0.2) is 65.0 Å². The fourth-order valence-corrected chi connectivity index (χ4v) is 4.80. The van der Waals surface area contributed by atoms with E-state index in [-0.39, 0.29) is 18.3 Å². The molecule has 0 aliphatic heterocycles. The van der Waals surface area contributed by atoms with Crippen LogP contribution in [0.2, 0.25) is 5.02 Å². The minimum atomic E-state index is -0.362. The molecular weight excluding hydrogens is 445 g/mol. The molecule has 1 aromatic heterocycles. The molecule has 0 unspecified atom stereocenters. The van der Waals surface area contributed by atoms with Crippen molar-refractivity contribution in [2.45, 2.75) is 10.1 Å². The number of rotatable bonds is 7. The number of aromatic nitrogens is 2. The van der Waals surface area contributed by atoms with Crippen LogP contribution in [0.1, 0.15) is 5.56 Å². The summed E-state index contributed by atoms with van der Waals surface area (Å²) in [6.45, 7) is -0.148. The van der Waals surface area contributed by atoms with Gasteiger partial charge in [0.1, 0.15) is 11.6 Å². The normalized spacial score (nSPS) is 10.9. The lowest BCUT2D eigenvalue weighted by Gasteiger charge is -2.06. The van der Waals surface area contributed by atoms with Crippen LogP contribution in [0.25, 0.3) is 10.8 Å². The lowest BCUT2D eigenvalue weighted by molar-refractivity contribution is -0.118. The predicted molar refractivity (Wildman–Crippen MR) is 119 cm³/mol. The first-order chi connectivity index (χ1) is 14.6. The number of nitrogens with one attached hydrogen (secondary N) is 1. The van der Waals surface area contributed by atoms with E-state index in [4.69, 9.17) is 16.3 Å². The summed E-state index contributed by atoms with van der Waals surface area (Å²) in [6.07, 6.45) is 0. The first-order valence-corrected chi connectivity index (χ1v) is 11.1. The SMILES string of the molecule is O=C(COc1ccc2ccccc2c1)Nc1nnc(SCc2c(F)cccc2Cl)s1. The molecule has 0 atom stereocenters. The minimum absolute atomic E-state index is 0.148. The van der Waals surface area contributed by atoms with Crippen molar-refractivity contribution < 1.29 is 13.9 Å². The topological polar surface area (TPSA) is 64.1 Å². The molecule has 1 amide bonds. The van der Waals surface area contributed by atoms with Crippen molar-refractivity contribution in [3.05, 3.63) is 77.1 Å². The fraction of sp³-hybridized carbons (Fsp3) is 0.0952. The second-order valence-electron chi connectivity index (χ2n) is 6.21. The highest BCUT2D eigenvalue weighted by atomic mass is 35.5. The number of amides is 1. The Kier molecular flexibility index (Phi) is 6.47. The second kappa shape index (κ2) is 9.42. The van der Waals surface area contributed by atoms with E-state index >= 15 is 0 Å². The molecular formula is C21H15ClFN3O2S2. The Morgan fingerprint density at radius 2 is 1.93 bits per heavy atom. The first kappa shape index (κ1) is 20.6. The lowest BCUT2D eigenvalue weighted by Crippen LogP contribution is -2.20. The van der Waals surface area contributed by atoms with E-state index in [0.29, 0.717) is 31.6 Å². The quantitative estimate of drug-likeness (QED) is 0.280. The summed E-state index contributed by atoms with van der Waals surface area (Å²) in [5, 5.41) is 13.5. The van der Waals surface area contributed by atoms with Gasteiger partial charge >= 0.3 is 0 Å². The largest absolute Gasteiger partial charge is 0.484 e. The number of carbonyl (C=O) groups is 1. The van der Waals surface area contributed by atoms with Crippen molar-refractivity contribution in [3.8, 4) is 5.75 Å². The molecule has 152 valence electrons. The number of nitrogens with zero attached hydrogens (tertiary/aromatic N) is 2. The Bertz CT molecular complexity index is 1180. The van der Waals surface area contributed by atoms with Gasteiger partial charge in [0.05, 0.1) is 0 Å². The number of hydrogen-bond acceptors (Lipinski definition) is 6. The van der Waals surface area contributed by atoms with Crippen molar-refractivity contribution in [1.29, 1.82) is 0 Å². The van der Waals surface area contributed by atoms with E-state index in [1.165, 1.54) is 29.2 Å². The number of anilines is 1. The maximum absolute atomic E-state index is 13.8. The molecule has 0 radical (unpaired) electrons. The zero-order valence-electron chi connectivity index (χ0n) is 15.5. The summed E-state index contributed by atoms with van der Waals surface area (Å²) in [5.41, 5.74) is 0.411. The van der Waals surface area contributed by atoms with Crippen LogP contribution >= 0.6 is 34.7 Å². The highest BCUT2D eigenvalue weighted by molar-refractivity contribution is 8.00. The Hall–Kier alpha value is -2.68. The van der Waals surface area contributed by atoms with Gasteiger partial charge in [-0.1, -0.05) is 71.1 Å². The highest BCUT2D eigenvalue weighted by Crippen LogP contribution is 2.31. The summed E-state index contributed by atoms with van der Waals surface area (Å²) in [5.74, 6) is 0.227. The van der Waals surface area contributed by atoms with Crippen LogP contribution in [-0.2, 0) is 10.5 Å². The van der Waals surface area contributed by atoms with Gasteiger partial charge in [-0.05, 0) is 35.0 Å². The Morgan fingerprint density at radius 3 is 2.77 bits per heavy atom. The second-order valence-corrected chi connectivity index (χ2v) is 8.82. The summed E-state index contributed by atoms with van der Waals surface area (Å²) in [7, 11) is 0. The molecule has 4 rings (SSSR count). The van der Waals surface area contributed by atoms with Crippen LogP contribution < -0.4 is 10.1 Å². The molecule has 3 aromatic carbocycles. The van der Waals surface area contributed by atoms with Crippen molar-refractivity contribution in [3.63, 3.8) is 0 Å². The van der Waals surface area contributed by atoms with Gasteiger partial charge in [-0.25, -0.2) is 4.39 Å². The first-order valence-electron chi connectivity index (χ1n) is 8.89. The Labute approximate surface area is 185 Å². The summed E-state index contributed by atoms with van der Waals surface area (Å²) >= 11 is 8.53. The van der Waals surface area contributed by atoms with Gasteiger partial charge in [-0.15, -0.1) is 10.2 Å². The van der Waals surface area contributed by atoms with Gasteiger partial charge in [-0.2, -0.15) is 0 Å². The van der Waals surface area contributed by atoms with Crippen LogP contribution in [0.5, 0.6) is 5.75 Å². The molecule has 0 fully saturated rings. The van der Waals surface area contributed by atoms with E-state index < -0.39 is 0 Å². The summed E-state index contributed by atoms with van der Waals surface area (Å²) in [4.78, 5) is 12.2. The molecule has 0 spiro atoms. The van der Waals surface area contributed by atoms with Crippen LogP contribution in [-0.4, -0.2) is 22.7 Å². The van der Waals surface area contributed by atoms with E-state index in [1.807, 2.05) is 42.5 Å².